The van der Waals surface area contributed by atoms with E-state index in [0.29, 0.717) is 33.8 Å². The van der Waals surface area contributed by atoms with Crippen LogP contribution in [0.1, 0.15) is 75.5 Å². The molecule has 1 aromatic carbocycles. The molecule has 0 unspecified atom stereocenters. The molecule has 2 N–H and O–H groups in total. The Balaban J connectivity index is 1.09. The largest absolute Gasteiger partial charge is 0.481 e. The second-order valence-corrected chi connectivity index (χ2v) is 13.1. The van der Waals surface area contributed by atoms with Crippen molar-refractivity contribution < 1.29 is 9.90 Å². The highest BCUT2D eigenvalue weighted by Gasteiger charge is 2.49. The molecule has 4 fully saturated rings. The summed E-state index contributed by atoms with van der Waals surface area (Å²) >= 11 is 12.6. The van der Waals surface area contributed by atoms with E-state index in [1.54, 1.807) is 6.07 Å². The van der Waals surface area contributed by atoms with Crippen molar-refractivity contribution in [2.24, 2.45) is 17.3 Å². The van der Waals surface area contributed by atoms with Crippen LogP contribution in [0.5, 0.6) is 0 Å². The zero-order valence-corrected chi connectivity index (χ0v) is 23.7. The van der Waals surface area contributed by atoms with Gasteiger partial charge in [-0.25, -0.2) is 4.98 Å². The van der Waals surface area contributed by atoms with Crippen LogP contribution in [0.4, 0.5) is 11.8 Å². The minimum atomic E-state index is -0.649. The topological polar surface area (TPSA) is 81.6 Å². The van der Waals surface area contributed by atoms with Crippen LogP contribution in [0, 0.1) is 17.3 Å². The first-order chi connectivity index (χ1) is 18.2. The van der Waals surface area contributed by atoms with Crippen molar-refractivity contribution in [1.82, 2.24) is 14.9 Å². The Morgan fingerprint density at radius 1 is 1.16 bits per heavy atom. The van der Waals surface area contributed by atoms with Gasteiger partial charge >= 0.3 is 5.97 Å². The number of piperidine rings is 1. The van der Waals surface area contributed by atoms with Gasteiger partial charge in [-0.05, 0) is 94.4 Å². The molecule has 1 aromatic heterocycles. The number of aliphatic carboxylic acids is 1. The zero-order chi connectivity index (χ0) is 26.6. The Hall–Kier alpha value is -2.09. The summed E-state index contributed by atoms with van der Waals surface area (Å²) in [6, 6.07) is 6.05. The molecule has 2 saturated heterocycles. The van der Waals surface area contributed by atoms with Gasteiger partial charge in [-0.15, -0.1) is 0 Å². The highest BCUT2D eigenvalue weighted by molar-refractivity contribution is 6.35. The van der Waals surface area contributed by atoms with Crippen LogP contribution in [0.3, 0.4) is 0 Å². The number of likely N-dealkylation sites (tertiary alicyclic amines) is 1. The molecule has 4 aliphatic rings. The molecule has 3 heterocycles. The fraction of sp³-hybridized carbons (Fsp3) is 0.621. The first kappa shape index (κ1) is 26.1. The van der Waals surface area contributed by atoms with Gasteiger partial charge in [0.05, 0.1) is 11.5 Å². The van der Waals surface area contributed by atoms with E-state index in [2.05, 4.69) is 22.0 Å². The molecule has 2 atom stereocenters. The molecule has 2 saturated carbocycles. The van der Waals surface area contributed by atoms with Gasteiger partial charge in [-0.3, -0.25) is 4.79 Å². The number of carbonyl (C=O) groups is 1. The maximum Gasteiger partial charge on any atom is 0.309 e. The molecule has 6 rings (SSSR count). The summed E-state index contributed by atoms with van der Waals surface area (Å²) in [5.74, 6) is 2.89. The molecule has 9 heteroatoms. The third-order valence-corrected chi connectivity index (χ3v) is 9.92. The predicted octanol–water partition coefficient (Wildman–Crippen LogP) is 6.24. The summed E-state index contributed by atoms with van der Waals surface area (Å²) in [5, 5.41) is 14.4. The van der Waals surface area contributed by atoms with Gasteiger partial charge in [0.2, 0.25) is 5.95 Å². The lowest BCUT2D eigenvalue weighted by Crippen LogP contribution is -2.58. The van der Waals surface area contributed by atoms with E-state index in [-0.39, 0.29) is 6.04 Å². The molecule has 204 valence electrons. The lowest BCUT2D eigenvalue weighted by Gasteiger charge is -2.52. The van der Waals surface area contributed by atoms with Crippen LogP contribution in [0.2, 0.25) is 10.0 Å². The molecule has 2 aromatic rings. The minimum Gasteiger partial charge on any atom is -0.481 e. The smallest absolute Gasteiger partial charge is 0.309 e. The minimum absolute atomic E-state index is 0.00753. The molecule has 0 bridgehead atoms. The number of carboxylic acid groups (broad SMARTS) is 1. The number of hydrogen-bond acceptors (Lipinski definition) is 6. The summed E-state index contributed by atoms with van der Waals surface area (Å²) in [7, 11) is 0. The number of nitrogens with one attached hydrogen (secondary N) is 1. The SMILES string of the molecule is C[C@@H](Nc1nc(N2CC([C@H]3CCCN([C@H]4C[C@](C)(C(=O)O)C4)C3)C2)ncc1C1CC1)c1ccc(Cl)cc1Cl. The molecule has 0 spiro atoms. The van der Waals surface area contributed by atoms with Crippen molar-refractivity contribution in [1.29, 1.82) is 0 Å². The van der Waals surface area contributed by atoms with Crippen molar-refractivity contribution in [3.05, 3.63) is 45.6 Å². The zero-order valence-electron chi connectivity index (χ0n) is 22.2. The average Bonchev–Trinajstić information content (AvgIpc) is 3.66. The highest BCUT2D eigenvalue weighted by Crippen LogP contribution is 2.46. The standard InChI is InChI=1S/C29H37Cl2N5O2/c1-17(23-8-7-21(30)10-25(23)31)33-26-24(18-5-6-18)13-32-28(34-26)36-15-20(16-36)19-4-3-9-35(14-19)22-11-29(2,12-22)27(37)38/h7-8,10,13,17-20,22H,3-6,9,11-12,14-16H2,1-2H3,(H,37,38)(H,32,33,34)/t17-,19+,22-,29-/m1/s1. The quantitative estimate of drug-likeness (QED) is 0.397. The Morgan fingerprint density at radius 2 is 1.92 bits per heavy atom. The Morgan fingerprint density at radius 3 is 2.61 bits per heavy atom. The van der Waals surface area contributed by atoms with Gasteiger partial charge in [0.1, 0.15) is 5.82 Å². The van der Waals surface area contributed by atoms with Crippen LogP contribution in [0.25, 0.3) is 0 Å². The summed E-state index contributed by atoms with van der Waals surface area (Å²) in [5.41, 5.74) is 1.66. The maximum atomic E-state index is 11.5. The van der Waals surface area contributed by atoms with Crippen LogP contribution in [-0.2, 0) is 4.79 Å². The third-order valence-electron chi connectivity index (χ3n) is 9.36. The van der Waals surface area contributed by atoms with E-state index >= 15 is 0 Å². The summed E-state index contributed by atoms with van der Waals surface area (Å²) in [6.07, 6.45) is 8.40. The van der Waals surface area contributed by atoms with Crippen LogP contribution in [0.15, 0.2) is 24.4 Å². The number of nitrogens with zero attached hydrogens (tertiary/aromatic N) is 4. The lowest BCUT2D eigenvalue weighted by atomic mass is 9.65. The normalized spacial score (nSPS) is 28.9. The van der Waals surface area contributed by atoms with Gasteiger partial charge in [-0.2, -0.15) is 4.98 Å². The van der Waals surface area contributed by atoms with E-state index in [1.807, 2.05) is 25.3 Å². The Labute approximate surface area is 234 Å². The number of anilines is 2. The molecule has 0 radical (unpaired) electrons. The van der Waals surface area contributed by atoms with Gasteiger partial charge in [-0.1, -0.05) is 29.3 Å². The van der Waals surface area contributed by atoms with Crippen molar-refractivity contribution >= 4 is 40.9 Å². The van der Waals surface area contributed by atoms with Crippen LogP contribution >= 0.6 is 23.2 Å². The molecule has 0 amide bonds. The van der Waals surface area contributed by atoms with Gasteiger partial charge < -0.3 is 20.2 Å². The summed E-state index contributed by atoms with van der Waals surface area (Å²) in [6.45, 7) is 8.15. The second-order valence-electron chi connectivity index (χ2n) is 12.3. The molecule has 2 aliphatic carbocycles. The molecule has 7 nitrogen and oxygen atoms in total. The van der Waals surface area contributed by atoms with Gasteiger partial charge in [0.25, 0.3) is 0 Å². The number of halogens is 2. The van der Waals surface area contributed by atoms with Crippen LogP contribution in [-0.4, -0.2) is 58.2 Å². The molecular formula is C29H37Cl2N5O2. The van der Waals surface area contributed by atoms with Crippen LogP contribution < -0.4 is 10.2 Å². The number of benzene rings is 1. The Bertz CT molecular complexity index is 1210. The van der Waals surface area contributed by atoms with E-state index < -0.39 is 11.4 Å². The van der Waals surface area contributed by atoms with E-state index in [9.17, 15) is 9.90 Å². The predicted molar refractivity (Wildman–Crippen MR) is 151 cm³/mol. The molecule has 2 aliphatic heterocycles. The first-order valence-electron chi connectivity index (χ1n) is 14.0. The van der Waals surface area contributed by atoms with Crippen molar-refractivity contribution in [3.8, 4) is 0 Å². The van der Waals surface area contributed by atoms with E-state index in [4.69, 9.17) is 33.2 Å². The maximum absolute atomic E-state index is 11.5. The molecule has 38 heavy (non-hydrogen) atoms. The van der Waals surface area contributed by atoms with Crippen molar-refractivity contribution in [3.63, 3.8) is 0 Å². The average molecular weight is 559 g/mol. The fourth-order valence-corrected chi connectivity index (χ4v) is 7.19. The highest BCUT2D eigenvalue weighted by atomic mass is 35.5. The number of carboxylic acids is 1. The number of hydrogen-bond donors (Lipinski definition) is 2. The number of rotatable bonds is 8. The second kappa shape index (κ2) is 10.1. The van der Waals surface area contributed by atoms with Crippen molar-refractivity contribution in [2.75, 3.05) is 36.4 Å². The molecular weight excluding hydrogens is 521 g/mol. The third kappa shape index (κ3) is 5.09. The summed E-state index contributed by atoms with van der Waals surface area (Å²) < 4.78 is 0. The summed E-state index contributed by atoms with van der Waals surface area (Å²) in [4.78, 5) is 26.2. The number of aromatic nitrogens is 2. The first-order valence-corrected chi connectivity index (χ1v) is 14.8. The van der Waals surface area contributed by atoms with Crippen molar-refractivity contribution in [2.45, 2.75) is 70.4 Å². The van der Waals surface area contributed by atoms with Gasteiger partial charge in [0.15, 0.2) is 0 Å². The lowest BCUT2D eigenvalue weighted by molar-refractivity contribution is -0.158. The monoisotopic (exact) mass is 557 g/mol. The van der Waals surface area contributed by atoms with E-state index in [1.165, 1.54) is 31.2 Å². The fourth-order valence-electron chi connectivity index (χ4n) is 6.62. The van der Waals surface area contributed by atoms with Gasteiger partial charge in [0, 0.05) is 47.5 Å². The van der Waals surface area contributed by atoms with E-state index in [0.717, 1.165) is 56.4 Å². The Kier molecular flexibility index (Phi) is 6.98.